The van der Waals surface area contributed by atoms with Crippen LogP contribution in [0.4, 0.5) is 5.82 Å². The third-order valence-electron chi connectivity index (χ3n) is 3.71. The first kappa shape index (κ1) is 14.3. The zero-order valence-corrected chi connectivity index (χ0v) is 12.3. The second kappa shape index (κ2) is 6.01. The summed E-state index contributed by atoms with van der Waals surface area (Å²) in [5, 5.41) is 2.78. The van der Waals surface area contributed by atoms with Crippen molar-refractivity contribution >= 4 is 17.6 Å². The predicted molar refractivity (Wildman–Crippen MR) is 80.4 cm³/mol. The first-order valence-electron chi connectivity index (χ1n) is 7.23. The zero-order valence-electron chi connectivity index (χ0n) is 12.3. The molecule has 2 aromatic heterocycles. The first-order chi connectivity index (χ1) is 10.6. The molecule has 0 spiro atoms. The summed E-state index contributed by atoms with van der Waals surface area (Å²) < 4.78 is 5.13. The minimum Gasteiger partial charge on any atom is -0.459 e. The highest BCUT2D eigenvalue weighted by Gasteiger charge is 2.35. The highest BCUT2D eigenvalue weighted by Crippen LogP contribution is 2.21. The second-order valence-electron chi connectivity index (χ2n) is 5.34. The Hall–Kier alpha value is -2.63. The second-order valence-corrected chi connectivity index (χ2v) is 5.34. The largest absolute Gasteiger partial charge is 0.459 e. The molecule has 2 amide bonds. The van der Waals surface area contributed by atoms with E-state index < -0.39 is 6.04 Å². The van der Waals surface area contributed by atoms with Gasteiger partial charge in [0.2, 0.25) is 5.91 Å². The number of anilines is 1. The maximum absolute atomic E-state index is 12.4. The molecule has 1 aliphatic rings. The Labute approximate surface area is 128 Å². The average Bonchev–Trinajstić information content (AvgIpc) is 3.18. The Morgan fingerprint density at radius 2 is 2.27 bits per heavy atom. The van der Waals surface area contributed by atoms with Crippen molar-refractivity contribution in [2.75, 3.05) is 11.9 Å². The van der Waals surface area contributed by atoms with E-state index in [9.17, 15) is 9.59 Å². The van der Waals surface area contributed by atoms with Gasteiger partial charge in [-0.05, 0) is 49.6 Å². The number of nitrogens with zero attached hydrogens (tertiary/aromatic N) is 2. The van der Waals surface area contributed by atoms with Crippen LogP contribution in [0.3, 0.4) is 0 Å². The maximum atomic E-state index is 12.4. The number of pyridine rings is 1. The number of aryl methyl sites for hydroxylation is 1. The van der Waals surface area contributed by atoms with E-state index in [-0.39, 0.29) is 17.6 Å². The normalized spacial score (nSPS) is 17.5. The lowest BCUT2D eigenvalue weighted by Crippen LogP contribution is -2.43. The van der Waals surface area contributed by atoms with E-state index in [1.807, 2.05) is 13.0 Å². The standard InChI is InChI=1S/C16H17N3O3/c1-11-6-7-17-14(10-11)18-15(20)12-4-2-8-19(12)16(21)13-5-3-9-22-13/h3,5-7,9-10,12H,2,4,8H2,1H3,(H,17,18,20). The predicted octanol–water partition coefficient (Wildman–Crippen LogP) is 2.23. The van der Waals surface area contributed by atoms with Gasteiger partial charge in [0.25, 0.3) is 5.91 Å². The van der Waals surface area contributed by atoms with E-state index in [1.54, 1.807) is 29.3 Å². The summed E-state index contributed by atoms with van der Waals surface area (Å²) in [5.74, 6) is 0.297. The topological polar surface area (TPSA) is 75.4 Å². The number of nitrogens with one attached hydrogen (secondary N) is 1. The number of hydrogen-bond acceptors (Lipinski definition) is 4. The number of amides is 2. The molecule has 0 radical (unpaired) electrons. The lowest BCUT2D eigenvalue weighted by atomic mass is 10.2. The van der Waals surface area contributed by atoms with Crippen molar-refractivity contribution in [2.45, 2.75) is 25.8 Å². The lowest BCUT2D eigenvalue weighted by molar-refractivity contribution is -0.119. The summed E-state index contributed by atoms with van der Waals surface area (Å²) in [6, 6.07) is 6.44. The Balaban J connectivity index is 1.72. The molecule has 2 aromatic rings. The Kier molecular flexibility index (Phi) is 3.91. The van der Waals surface area contributed by atoms with Crippen molar-refractivity contribution in [3.05, 3.63) is 48.0 Å². The monoisotopic (exact) mass is 299 g/mol. The molecule has 22 heavy (non-hydrogen) atoms. The van der Waals surface area contributed by atoms with E-state index in [1.165, 1.54) is 6.26 Å². The number of hydrogen-bond donors (Lipinski definition) is 1. The molecule has 0 saturated carbocycles. The van der Waals surface area contributed by atoms with E-state index >= 15 is 0 Å². The molecule has 1 aliphatic heterocycles. The van der Waals surface area contributed by atoms with Gasteiger partial charge in [-0.1, -0.05) is 0 Å². The zero-order chi connectivity index (χ0) is 15.5. The lowest BCUT2D eigenvalue weighted by Gasteiger charge is -2.22. The number of rotatable bonds is 3. The van der Waals surface area contributed by atoms with Crippen molar-refractivity contribution in [2.24, 2.45) is 0 Å². The number of aromatic nitrogens is 1. The molecule has 0 bridgehead atoms. The van der Waals surface area contributed by atoms with Crippen molar-refractivity contribution in [1.82, 2.24) is 9.88 Å². The van der Waals surface area contributed by atoms with E-state index in [2.05, 4.69) is 10.3 Å². The van der Waals surface area contributed by atoms with Crippen LogP contribution in [0.25, 0.3) is 0 Å². The van der Waals surface area contributed by atoms with E-state index in [0.29, 0.717) is 18.8 Å². The van der Waals surface area contributed by atoms with Crippen LogP contribution in [0.1, 0.15) is 29.0 Å². The van der Waals surface area contributed by atoms with E-state index in [0.717, 1.165) is 12.0 Å². The molecule has 1 N–H and O–H groups in total. The first-order valence-corrected chi connectivity index (χ1v) is 7.23. The van der Waals surface area contributed by atoms with Gasteiger partial charge in [0, 0.05) is 12.7 Å². The molecule has 0 aliphatic carbocycles. The molecule has 1 unspecified atom stereocenters. The van der Waals surface area contributed by atoms with Gasteiger partial charge in [-0.25, -0.2) is 4.98 Å². The molecule has 114 valence electrons. The fraction of sp³-hybridized carbons (Fsp3) is 0.312. The Morgan fingerprint density at radius 3 is 3.00 bits per heavy atom. The third-order valence-corrected chi connectivity index (χ3v) is 3.71. The molecule has 6 nitrogen and oxygen atoms in total. The van der Waals surface area contributed by atoms with Gasteiger partial charge in [-0.3, -0.25) is 9.59 Å². The van der Waals surface area contributed by atoms with Crippen LogP contribution in [0.2, 0.25) is 0 Å². The van der Waals surface area contributed by atoms with Crippen LogP contribution in [0, 0.1) is 6.92 Å². The quantitative estimate of drug-likeness (QED) is 0.943. The van der Waals surface area contributed by atoms with Gasteiger partial charge in [0.1, 0.15) is 11.9 Å². The molecular formula is C16H17N3O3. The SMILES string of the molecule is Cc1ccnc(NC(=O)C2CCCN2C(=O)c2ccco2)c1. The number of likely N-dealkylation sites (tertiary alicyclic amines) is 1. The molecule has 0 aromatic carbocycles. The van der Waals surface area contributed by atoms with Gasteiger partial charge in [-0.2, -0.15) is 0 Å². The van der Waals surface area contributed by atoms with Crippen LogP contribution < -0.4 is 5.32 Å². The molecule has 3 heterocycles. The summed E-state index contributed by atoms with van der Waals surface area (Å²) in [5.41, 5.74) is 1.01. The third kappa shape index (κ3) is 2.86. The van der Waals surface area contributed by atoms with Crippen molar-refractivity contribution in [1.29, 1.82) is 0 Å². The molecule has 1 atom stereocenters. The van der Waals surface area contributed by atoms with Crippen molar-refractivity contribution in [3.8, 4) is 0 Å². The number of carbonyl (C=O) groups excluding carboxylic acids is 2. The average molecular weight is 299 g/mol. The van der Waals surface area contributed by atoms with Gasteiger partial charge in [0.05, 0.1) is 6.26 Å². The molecule has 1 saturated heterocycles. The Morgan fingerprint density at radius 1 is 1.41 bits per heavy atom. The highest BCUT2D eigenvalue weighted by atomic mass is 16.3. The van der Waals surface area contributed by atoms with Crippen LogP contribution in [-0.2, 0) is 4.79 Å². The molecular weight excluding hydrogens is 282 g/mol. The summed E-state index contributed by atoms with van der Waals surface area (Å²) in [7, 11) is 0. The minimum absolute atomic E-state index is 0.212. The van der Waals surface area contributed by atoms with Gasteiger partial charge < -0.3 is 14.6 Å². The van der Waals surface area contributed by atoms with Gasteiger partial charge in [-0.15, -0.1) is 0 Å². The number of furan rings is 1. The van der Waals surface area contributed by atoms with Gasteiger partial charge >= 0.3 is 0 Å². The van der Waals surface area contributed by atoms with E-state index in [4.69, 9.17) is 4.42 Å². The minimum atomic E-state index is -0.486. The summed E-state index contributed by atoms with van der Waals surface area (Å²) in [6.45, 7) is 2.48. The van der Waals surface area contributed by atoms with Gasteiger partial charge in [0.15, 0.2) is 5.76 Å². The van der Waals surface area contributed by atoms with Crippen LogP contribution >= 0.6 is 0 Å². The molecule has 6 heteroatoms. The van der Waals surface area contributed by atoms with Crippen LogP contribution in [0.15, 0.2) is 41.1 Å². The van der Waals surface area contributed by atoms with Crippen LogP contribution in [0.5, 0.6) is 0 Å². The fourth-order valence-corrected chi connectivity index (χ4v) is 2.64. The summed E-state index contributed by atoms with van der Waals surface area (Å²) >= 11 is 0. The smallest absolute Gasteiger partial charge is 0.290 e. The molecule has 1 fully saturated rings. The summed E-state index contributed by atoms with van der Waals surface area (Å²) in [6.07, 6.45) is 4.54. The Bertz CT molecular complexity index is 682. The highest BCUT2D eigenvalue weighted by molar-refractivity contribution is 6.00. The fourth-order valence-electron chi connectivity index (χ4n) is 2.64. The van der Waals surface area contributed by atoms with Crippen LogP contribution in [-0.4, -0.2) is 34.3 Å². The molecule has 3 rings (SSSR count). The van der Waals surface area contributed by atoms with Crippen molar-refractivity contribution in [3.63, 3.8) is 0 Å². The summed E-state index contributed by atoms with van der Waals surface area (Å²) in [4.78, 5) is 30.5. The maximum Gasteiger partial charge on any atom is 0.290 e. The number of carbonyl (C=O) groups is 2. The van der Waals surface area contributed by atoms with Crippen molar-refractivity contribution < 1.29 is 14.0 Å².